The minimum absolute atomic E-state index is 0.192. The molecule has 1 unspecified atom stereocenters. The summed E-state index contributed by atoms with van der Waals surface area (Å²) in [6, 6.07) is 1.01. The summed E-state index contributed by atoms with van der Waals surface area (Å²) in [5.41, 5.74) is 5.93. The maximum absolute atomic E-state index is 11.5. The van der Waals surface area contributed by atoms with Gasteiger partial charge in [-0.2, -0.15) is 5.10 Å². The van der Waals surface area contributed by atoms with Crippen LogP contribution in [0.15, 0.2) is 12.3 Å². The normalized spacial score (nSPS) is 12.8. The molecule has 0 amide bonds. The smallest absolute Gasteiger partial charge is 0.202 e. The Bertz CT molecular complexity index is 295. The van der Waals surface area contributed by atoms with E-state index in [2.05, 4.69) is 5.10 Å². The van der Waals surface area contributed by atoms with Crippen molar-refractivity contribution in [3.63, 3.8) is 0 Å². The third-order valence-electron chi connectivity index (χ3n) is 1.65. The van der Waals surface area contributed by atoms with Crippen LogP contribution in [0, 0.1) is 0 Å². The molecule has 2 N–H and O–H groups in total. The summed E-state index contributed by atoms with van der Waals surface area (Å²) in [5, 5.41) is 3.95. The first-order chi connectivity index (χ1) is 6.15. The number of nitrogens with zero attached hydrogens (tertiary/aromatic N) is 2. The molecule has 0 spiro atoms. The first kappa shape index (κ1) is 9.88. The van der Waals surface area contributed by atoms with Crippen molar-refractivity contribution in [1.29, 1.82) is 0 Å². The molecular weight excluding hydrogens is 170 g/mol. The highest BCUT2D eigenvalue weighted by atomic mass is 16.5. The highest BCUT2D eigenvalue weighted by molar-refractivity contribution is 5.98. The van der Waals surface area contributed by atoms with Crippen molar-refractivity contribution in [2.75, 3.05) is 13.7 Å². The van der Waals surface area contributed by atoms with Crippen LogP contribution in [0.5, 0.6) is 0 Å². The van der Waals surface area contributed by atoms with Gasteiger partial charge in [-0.1, -0.05) is 0 Å². The molecule has 0 radical (unpaired) electrons. The molecule has 0 saturated carbocycles. The van der Waals surface area contributed by atoms with E-state index in [9.17, 15) is 4.79 Å². The fourth-order valence-electron chi connectivity index (χ4n) is 0.992. The first-order valence-corrected chi connectivity index (χ1v) is 3.93. The number of aryl methyl sites for hydroxylation is 1. The molecule has 1 atom stereocenters. The number of hydrogen-bond acceptors (Lipinski definition) is 4. The van der Waals surface area contributed by atoms with Crippen LogP contribution in [-0.4, -0.2) is 35.3 Å². The largest absolute Gasteiger partial charge is 0.383 e. The molecule has 1 aromatic rings. The van der Waals surface area contributed by atoms with Gasteiger partial charge in [0.25, 0.3) is 0 Å². The van der Waals surface area contributed by atoms with Gasteiger partial charge in [-0.15, -0.1) is 0 Å². The Kier molecular flexibility index (Phi) is 3.16. The summed E-state index contributed by atoms with van der Waals surface area (Å²) in [7, 11) is 3.25. The second-order valence-electron chi connectivity index (χ2n) is 2.80. The third-order valence-corrected chi connectivity index (χ3v) is 1.65. The Morgan fingerprint density at radius 3 is 3.00 bits per heavy atom. The summed E-state index contributed by atoms with van der Waals surface area (Å²) in [6.45, 7) is 0.218. The van der Waals surface area contributed by atoms with Crippen LogP contribution >= 0.6 is 0 Å². The van der Waals surface area contributed by atoms with Gasteiger partial charge in [-0.05, 0) is 6.07 Å². The summed E-state index contributed by atoms with van der Waals surface area (Å²) in [4.78, 5) is 11.5. The number of Topliss-reactive ketones (excluding diaryl/α,β-unsaturated/α-hetero) is 1. The summed E-state index contributed by atoms with van der Waals surface area (Å²) in [6.07, 6.45) is 1.70. The van der Waals surface area contributed by atoms with Crippen molar-refractivity contribution in [3.05, 3.63) is 18.0 Å². The second kappa shape index (κ2) is 4.15. The average Bonchev–Trinajstić information content (AvgIpc) is 2.51. The van der Waals surface area contributed by atoms with Gasteiger partial charge < -0.3 is 10.5 Å². The van der Waals surface area contributed by atoms with Gasteiger partial charge in [0.05, 0.1) is 12.6 Å². The topological polar surface area (TPSA) is 70.1 Å². The zero-order valence-corrected chi connectivity index (χ0v) is 7.73. The number of rotatable bonds is 4. The van der Waals surface area contributed by atoms with E-state index in [1.54, 1.807) is 24.0 Å². The number of aromatic nitrogens is 2. The fraction of sp³-hybridized carbons (Fsp3) is 0.500. The van der Waals surface area contributed by atoms with E-state index in [4.69, 9.17) is 10.5 Å². The van der Waals surface area contributed by atoms with E-state index < -0.39 is 6.04 Å². The van der Waals surface area contributed by atoms with E-state index in [0.29, 0.717) is 5.69 Å². The lowest BCUT2D eigenvalue weighted by molar-refractivity contribution is 0.0886. The molecule has 0 aliphatic rings. The Labute approximate surface area is 76.5 Å². The third kappa shape index (κ3) is 2.37. The van der Waals surface area contributed by atoms with Crippen molar-refractivity contribution in [1.82, 2.24) is 9.78 Å². The van der Waals surface area contributed by atoms with Crippen LogP contribution in [0.4, 0.5) is 0 Å². The molecule has 72 valence electrons. The van der Waals surface area contributed by atoms with Crippen molar-refractivity contribution >= 4 is 5.78 Å². The fourth-order valence-corrected chi connectivity index (χ4v) is 0.992. The second-order valence-corrected chi connectivity index (χ2v) is 2.80. The van der Waals surface area contributed by atoms with Gasteiger partial charge in [-0.3, -0.25) is 9.48 Å². The molecule has 0 saturated heterocycles. The van der Waals surface area contributed by atoms with Crippen molar-refractivity contribution in [3.8, 4) is 0 Å². The van der Waals surface area contributed by atoms with E-state index >= 15 is 0 Å². The highest BCUT2D eigenvalue weighted by Crippen LogP contribution is 1.98. The van der Waals surface area contributed by atoms with Crippen molar-refractivity contribution in [2.45, 2.75) is 6.04 Å². The quantitative estimate of drug-likeness (QED) is 0.643. The van der Waals surface area contributed by atoms with Crippen LogP contribution in [-0.2, 0) is 11.8 Å². The van der Waals surface area contributed by atoms with E-state index in [-0.39, 0.29) is 12.4 Å². The predicted octanol–water partition coefficient (Wildman–Crippen LogP) is -0.424. The molecule has 1 aromatic heterocycles. The van der Waals surface area contributed by atoms with Crippen molar-refractivity contribution < 1.29 is 9.53 Å². The molecule has 13 heavy (non-hydrogen) atoms. The number of carbonyl (C=O) groups is 1. The standard InChI is InChI=1S/C8H13N3O2/c1-11-4-3-7(10-11)8(12)6(9)5-13-2/h3-4,6H,5,9H2,1-2H3. The van der Waals surface area contributed by atoms with Gasteiger partial charge in [0, 0.05) is 20.4 Å². The molecule has 0 aliphatic heterocycles. The zero-order chi connectivity index (χ0) is 9.84. The summed E-state index contributed by atoms with van der Waals surface area (Å²) in [5.74, 6) is -0.192. The van der Waals surface area contributed by atoms with Gasteiger partial charge in [0.2, 0.25) is 5.78 Å². The highest BCUT2D eigenvalue weighted by Gasteiger charge is 2.17. The Morgan fingerprint density at radius 2 is 2.54 bits per heavy atom. The average molecular weight is 183 g/mol. The summed E-state index contributed by atoms with van der Waals surface area (Å²) < 4.78 is 6.33. The number of ether oxygens (including phenoxy) is 1. The molecule has 0 aliphatic carbocycles. The lowest BCUT2D eigenvalue weighted by Gasteiger charge is -2.06. The van der Waals surface area contributed by atoms with Gasteiger partial charge in [0.15, 0.2) is 0 Å². The van der Waals surface area contributed by atoms with Gasteiger partial charge in [-0.25, -0.2) is 0 Å². The number of hydrogen-bond donors (Lipinski definition) is 1. The predicted molar refractivity (Wildman–Crippen MR) is 47.4 cm³/mol. The van der Waals surface area contributed by atoms with Crippen LogP contribution in [0.2, 0.25) is 0 Å². The van der Waals surface area contributed by atoms with Crippen molar-refractivity contribution in [2.24, 2.45) is 12.8 Å². The molecule has 5 heteroatoms. The Morgan fingerprint density at radius 1 is 1.85 bits per heavy atom. The molecule has 1 rings (SSSR count). The number of ketones is 1. The van der Waals surface area contributed by atoms with Crippen LogP contribution in [0.25, 0.3) is 0 Å². The number of methoxy groups -OCH3 is 1. The minimum Gasteiger partial charge on any atom is -0.383 e. The maximum Gasteiger partial charge on any atom is 0.202 e. The van der Waals surface area contributed by atoms with Crippen LogP contribution in [0.3, 0.4) is 0 Å². The molecule has 0 fully saturated rings. The Hall–Kier alpha value is -1.20. The molecule has 5 nitrogen and oxygen atoms in total. The lowest BCUT2D eigenvalue weighted by Crippen LogP contribution is -2.35. The zero-order valence-electron chi connectivity index (χ0n) is 7.73. The van der Waals surface area contributed by atoms with E-state index in [1.807, 2.05) is 0 Å². The van der Waals surface area contributed by atoms with E-state index in [1.165, 1.54) is 7.11 Å². The first-order valence-electron chi connectivity index (χ1n) is 3.93. The number of nitrogens with two attached hydrogens (primary N) is 1. The monoisotopic (exact) mass is 183 g/mol. The van der Waals surface area contributed by atoms with Gasteiger partial charge >= 0.3 is 0 Å². The molecule has 1 heterocycles. The molecule has 0 bridgehead atoms. The van der Waals surface area contributed by atoms with Gasteiger partial charge in [0.1, 0.15) is 5.69 Å². The Balaban J connectivity index is 2.67. The van der Waals surface area contributed by atoms with Crippen LogP contribution in [0.1, 0.15) is 10.5 Å². The summed E-state index contributed by atoms with van der Waals surface area (Å²) >= 11 is 0. The molecule has 0 aromatic carbocycles. The molecular formula is C8H13N3O2. The lowest BCUT2D eigenvalue weighted by atomic mass is 10.1. The van der Waals surface area contributed by atoms with E-state index in [0.717, 1.165) is 0 Å². The maximum atomic E-state index is 11.5. The van der Waals surface area contributed by atoms with Crippen LogP contribution < -0.4 is 5.73 Å². The number of carbonyl (C=O) groups excluding carboxylic acids is 1. The SMILES string of the molecule is COCC(N)C(=O)c1ccn(C)n1. The minimum atomic E-state index is -0.625.